The summed E-state index contributed by atoms with van der Waals surface area (Å²) in [6.45, 7) is 9.50. The minimum absolute atomic E-state index is 0.319. The Hall–Kier alpha value is -0.940. The maximum Gasteiger partial charge on any atom is 0.240 e. The Morgan fingerprint density at radius 3 is 2.94 bits per heavy atom. The van der Waals surface area contributed by atoms with Crippen LogP contribution in [-0.2, 0) is 11.3 Å². The van der Waals surface area contributed by atoms with Gasteiger partial charge in [-0.25, -0.2) is 0 Å². The highest BCUT2D eigenvalue weighted by atomic mass is 16.5. The van der Waals surface area contributed by atoms with Gasteiger partial charge >= 0.3 is 0 Å². The molecule has 1 atom stereocenters. The molecule has 0 radical (unpaired) electrons. The molecule has 0 N–H and O–H groups in total. The van der Waals surface area contributed by atoms with E-state index in [9.17, 15) is 0 Å². The molecule has 1 saturated heterocycles. The normalized spacial score (nSPS) is 22.9. The molecule has 90 valence electrons. The predicted octanol–water partition coefficient (Wildman–Crippen LogP) is 1.41. The zero-order chi connectivity index (χ0) is 11.5. The molecule has 0 saturated carbocycles. The third-order valence-corrected chi connectivity index (χ3v) is 2.84. The Labute approximate surface area is 95.8 Å². The van der Waals surface area contributed by atoms with Crippen molar-refractivity contribution in [3.63, 3.8) is 0 Å². The molecule has 5 nitrogen and oxygen atoms in total. The van der Waals surface area contributed by atoms with Crippen LogP contribution in [0.2, 0.25) is 0 Å². The highest BCUT2D eigenvalue weighted by Crippen LogP contribution is 2.13. The van der Waals surface area contributed by atoms with Gasteiger partial charge in [0.1, 0.15) is 0 Å². The molecule has 0 spiro atoms. The molecule has 1 aliphatic heterocycles. The van der Waals surface area contributed by atoms with Crippen LogP contribution in [0.4, 0.5) is 0 Å². The second-order valence-corrected chi connectivity index (χ2v) is 4.60. The molecule has 2 heterocycles. The number of hydrogen-bond donors (Lipinski definition) is 0. The minimum atomic E-state index is 0.319. The fourth-order valence-electron chi connectivity index (χ4n) is 1.74. The van der Waals surface area contributed by atoms with Crippen molar-refractivity contribution >= 4 is 0 Å². The number of hydrogen-bond acceptors (Lipinski definition) is 5. The summed E-state index contributed by atoms with van der Waals surface area (Å²) in [6, 6.07) is 0.420. The van der Waals surface area contributed by atoms with E-state index in [1.807, 2.05) is 0 Å². The molecule has 5 heteroatoms. The van der Waals surface area contributed by atoms with Crippen LogP contribution in [0.3, 0.4) is 0 Å². The van der Waals surface area contributed by atoms with Crippen LogP contribution in [0.1, 0.15) is 38.4 Å². The van der Waals surface area contributed by atoms with Gasteiger partial charge in [-0.3, -0.25) is 4.90 Å². The SMILES string of the molecule is CC(C)c1noc(CN2CCOCC2C)n1. The quantitative estimate of drug-likeness (QED) is 0.778. The van der Waals surface area contributed by atoms with E-state index in [-0.39, 0.29) is 0 Å². The zero-order valence-corrected chi connectivity index (χ0v) is 10.1. The molecule has 16 heavy (non-hydrogen) atoms. The van der Waals surface area contributed by atoms with Crippen molar-refractivity contribution in [1.29, 1.82) is 0 Å². The molecule has 0 bridgehead atoms. The Kier molecular flexibility index (Phi) is 3.56. The van der Waals surface area contributed by atoms with Crippen LogP contribution in [0.25, 0.3) is 0 Å². The smallest absolute Gasteiger partial charge is 0.240 e. The topological polar surface area (TPSA) is 51.4 Å². The van der Waals surface area contributed by atoms with Gasteiger partial charge in [-0.05, 0) is 6.92 Å². The molecule has 1 aromatic rings. The van der Waals surface area contributed by atoms with Crippen molar-refractivity contribution in [2.75, 3.05) is 19.8 Å². The van der Waals surface area contributed by atoms with E-state index in [1.54, 1.807) is 0 Å². The van der Waals surface area contributed by atoms with Crippen molar-refractivity contribution in [2.24, 2.45) is 0 Å². The van der Waals surface area contributed by atoms with Crippen LogP contribution >= 0.6 is 0 Å². The van der Waals surface area contributed by atoms with Gasteiger partial charge in [-0.1, -0.05) is 19.0 Å². The Balaban J connectivity index is 1.97. The third-order valence-electron chi connectivity index (χ3n) is 2.84. The molecule has 0 amide bonds. The van der Waals surface area contributed by atoms with Gasteiger partial charge in [0.25, 0.3) is 0 Å². The summed E-state index contributed by atoms with van der Waals surface area (Å²) in [7, 11) is 0. The number of morpholine rings is 1. The first-order valence-corrected chi connectivity index (χ1v) is 5.81. The first kappa shape index (κ1) is 11.5. The highest BCUT2D eigenvalue weighted by molar-refractivity contribution is 4.92. The molecular formula is C11H19N3O2. The zero-order valence-electron chi connectivity index (χ0n) is 10.1. The number of ether oxygens (including phenoxy) is 1. The van der Waals surface area contributed by atoms with Crippen molar-refractivity contribution < 1.29 is 9.26 Å². The second kappa shape index (κ2) is 4.93. The van der Waals surface area contributed by atoms with Crippen molar-refractivity contribution in [1.82, 2.24) is 15.0 Å². The summed E-state index contributed by atoms with van der Waals surface area (Å²) in [6.07, 6.45) is 0. The Bertz CT molecular complexity index is 338. The second-order valence-electron chi connectivity index (χ2n) is 4.60. The third kappa shape index (κ3) is 2.59. The maximum atomic E-state index is 5.38. The van der Waals surface area contributed by atoms with Gasteiger partial charge in [0.15, 0.2) is 5.82 Å². The molecule has 2 rings (SSSR count). The van der Waals surface area contributed by atoms with Crippen LogP contribution in [-0.4, -0.2) is 40.8 Å². The van der Waals surface area contributed by atoms with E-state index in [4.69, 9.17) is 9.26 Å². The largest absolute Gasteiger partial charge is 0.379 e. The molecule has 1 fully saturated rings. The van der Waals surface area contributed by atoms with E-state index in [1.165, 1.54) is 0 Å². The predicted molar refractivity (Wildman–Crippen MR) is 59.1 cm³/mol. The molecule has 1 aromatic heterocycles. The van der Waals surface area contributed by atoms with Gasteiger partial charge in [-0.15, -0.1) is 0 Å². The van der Waals surface area contributed by atoms with Crippen LogP contribution in [0.5, 0.6) is 0 Å². The van der Waals surface area contributed by atoms with Gasteiger partial charge < -0.3 is 9.26 Å². The van der Waals surface area contributed by atoms with E-state index in [0.29, 0.717) is 17.9 Å². The lowest BCUT2D eigenvalue weighted by Gasteiger charge is -2.31. The first-order valence-electron chi connectivity index (χ1n) is 5.81. The summed E-state index contributed by atoms with van der Waals surface area (Å²) in [4.78, 5) is 6.68. The molecule has 0 aromatic carbocycles. The summed E-state index contributed by atoms with van der Waals surface area (Å²) >= 11 is 0. The van der Waals surface area contributed by atoms with Crippen LogP contribution < -0.4 is 0 Å². The molecule has 0 aliphatic carbocycles. The van der Waals surface area contributed by atoms with E-state index >= 15 is 0 Å². The van der Waals surface area contributed by atoms with E-state index in [0.717, 1.165) is 32.1 Å². The van der Waals surface area contributed by atoms with E-state index in [2.05, 4.69) is 35.8 Å². The van der Waals surface area contributed by atoms with Crippen molar-refractivity contribution in [3.05, 3.63) is 11.7 Å². The van der Waals surface area contributed by atoms with Gasteiger partial charge in [-0.2, -0.15) is 4.98 Å². The number of nitrogens with zero attached hydrogens (tertiary/aromatic N) is 3. The summed E-state index contributed by atoms with van der Waals surface area (Å²) in [5, 5.41) is 3.96. The standard InChI is InChI=1S/C11H19N3O2/c1-8(2)11-12-10(16-13-11)6-14-4-5-15-7-9(14)3/h8-9H,4-7H2,1-3H3. The monoisotopic (exact) mass is 225 g/mol. The first-order chi connectivity index (χ1) is 7.66. The highest BCUT2D eigenvalue weighted by Gasteiger charge is 2.21. The fourth-order valence-corrected chi connectivity index (χ4v) is 1.74. The molecule has 1 aliphatic rings. The lowest BCUT2D eigenvalue weighted by Crippen LogP contribution is -2.42. The number of rotatable bonds is 3. The minimum Gasteiger partial charge on any atom is -0.379 e. The number of aromatic nitrogens is 2. The van der Waals surface area contributed by atoms with Crippen LogP contribution in [0.15, 0.2) is 4.52 Å². The lowest BCUT2D eigenvalue weighted by atomic mass is 10.2. The van der Waals surface area contributed by atoms with Crippen LogP contribution in [0, 0.1) is 0 Å². The summed E-state index contributed by atoms with van der Waals surface area (Å²) < 4.78 is 10.6. The van der Waals surface area contributed by atoms with Gasteiger partial charge in [0.2, 0.25) is 5.89 Å². The molecular weight excluding hydrogens is 206 g/mol. The molecule has 1 unspecified atom stereocenters. The van der Waals surface area contributed by atoms with Gasteiger partial charge in [0.05, 0.1) is 19.8 Å². The maximum absolute atomic E-state index is 5.38. The lowest BCUT2D eigenvalue weighted by molar-refractivity contribution is -0.00852. The van der Waals surface area contributed by atoms with E-state index < -0.39 is 0 Å². The average Bonchev–Trinajstić information content (AvgIpc) is 2.70. The van der Waals surface area contributed by atoms with Crippen molar-refractivity contribution in [2.45, 2.75) is 39.3 Å². The average molecular weight is 225 g/mol. The summed E-state index contributed by atoms with van der Waals surface area (Å²) in [5.41, 5.74) is 0. The van der Waals surface area contributed by atoms with Crippen molar-refractivity contribution in [3.8, 4) is 0 Å². The fraction of sp³-hybridized carbons (Fsp3) is 0.818. The summed E-state index contributed by atoms with van der Waals surface area (Å²) in [5.74, 6) is 1.81. The van der Waals surface area contributed by atoms with Gasteiger partial charge in [0, 0.05) is 18.5 Å². The Morgan fingerprint density at radius 2 is 2.31 bits per heavy atom. The Morgan fingerprint density at radius 1 is 1.50 bits per heavy atom.